The van der Waals surface area contributed by atoms with Crippen LogP contribution < -0.4 is 4.74 Å². The monoisotopic (exact) mass is 479 g/mol. The van der Waals surface area contributed by atoms with Crippen molar-refractivity contribution in [3.63, 3.8) is 0 Å². The third-order valence-electron chi connectivity index (χ3n) is 6.85. The van der Waals surface area contributed by atoms with Crippen LogP contribution in [0.3, 0.4) is 0 Å². The van der Waals surface area contributed by atoms with Crippen LogP contribution in [0.2, 0.25) is 5.02 Å². The first-order valence-electron chi connectivity index (χ1n) is 11.4. The van der Waals surface area contributed by atoms with E-state index in [4.69, 9.17) is 25.8 Å². The Morgan fingerprint density at radius 1 is 1.09 bits per heavy atom. The molecule has 0 spiro atoms. The fraction of sp³-hybridized carbons (Fsp3) is 0.375. The number of halogens is 1. The number of hydrogen-bond acceptors (Lipinski definition) is 7. The van der Waals surface area contributed by atoms with Crippen molar-refractivity contribution in [2.75, 3.05) is 13.2 Å². The van der Waals surface area contributed by atoms with Gasteiger partial charge in [0.15, 0.2) is 11.8 Å². The third-order valence-corrected chi connectivity index (χ3v) is 7.14. The van der Waals surface area contributed by atoms with Crippen molar-refractivity contribution >= 4 is 22.8 Å². The van der Waals surface area contributed by atoms with E-state index in [2.05, 4.69) is 20.1 Å². The molecule has 0 saturated carbocycles. The quantitative estimate of drug-likeness (QED) is 0.463. The smallest absolute Gasteiger partial charge is 0.296 e. The lowest BCUT2D eigenvalue weighted by Gasteiger charge is -2.15. The maximum Gasteiger partial charge on any atom is 0.296 e. The van der Waals surface area contributed by atoms with Crippen molar-refractivity contribution in [1.82, 2.24) is 24.7 Å². The van der Waals surface area contributed by atoms with Gasteiger partial charge < -0.3 is 24.3 Å². The summed E-state index contributed by atoms with van der Waals surface area (Å²) < 4.78 is 19.2. The minimum absolute atomic E-state index is 0.248. The van der Waals surface area contributed by atoms with E-state index < -0.39 is 6.10 Å². The van der Waals surface area contributed by atoms with Crippen LogP contribution in [-0.2, 0) is 22.3 Å². The summed E-state index contributed by atoms with van der Waals surface area (Å²) in [5.41, 5.74) is 6.38. The zero-order valence-electron chi connectivity index (χ0n) is 18.1. The van der Waals surface area contributed by atoms with Gasteiger partial charge in [0.05, 0.1) is 41.3 Å². The van der Waals surface area contributed by atoms with Gasteiger partial charge in [-0.05, 0) is 43.0 Å². The van der Waals surface area contributed by atoms with Crippen LogP contribution >= 0.6 is 11.6 Å². The summed E-state index contributed by atoms with van der Waals surface area (Å²) >= 11 is 6.59. The molecule has 1 aromatic carbocycles. The molecule has 2 saturated heterocycles. The summed E-state index contributed by atoms with van der Waals surface area (Å²) in [6, 6.07) is 10.2. The molecule has 0 amide bonds. The molecule has 4 atom stereocenters. The molecule has 2 fully saturated rings. The Morgan fingerprint density at radius 3 is 2.82 bits per heavy atom. The lowest BCUT2D eigenvalue weighted by Crippen LogP contribution is -2.34. The van der Waals surface area contributed by atoms with Gasteiger partial charge in [-0.3, -0.25) is 0 Å². The summed E-state index contributed by atoms with van der Waals surface area (Å²) in [7, 11) is 0. The standard InChI is InChI=1S/C24H22ClN5O4/c25-15-8-16-23(29-24(27-16)34-19-11-33-21-18(31)10-32-22(19)21)28-20(15)12-4-6-14(7-5-12)30-17-3-1-2-13(17)9-26-30/h4-9,18-19,21-22,31H,1-3,10-11H2,(H,27,28,29)/t18-,19-,21-,22-/m1/s1. The topological polar surface area (TPSA) is 107 Å². The fourth-order valence-electron chi connectivity index (χ4n) is 5.15. The highest BCUT2D eigenvalue weighted by Crippen LogP contribution is 2.33. The normalized spacial score (nSPS) is 25.7. The van der Waals surface area contributed by atoms with E-state index in [0.717, 1.165) is 24.1 Å². The summed E-state index contributed by atoms with van der Waals surface area (Å²) in [4.78, 5) is 12.3. The number of rotatable bonds is 4. The number of hydrogen-bond donors (Lipinski definition) is 2. The first-order valence-corrected chi connectivity index (χ1v) is 11.8. The van der Waals surface area contributed by atoms with Crippen molar-refractivity contribution in [2.45, 2.75) is 43.7 Å². The average Bonchev–Trinajstić information content (AvgIpc) is 3.63. The van der Waals surface area contributed by atoms with Crippen LogP contribution in [0.5, 0.6) is 6.01 Å². The third kappa shape index (κ3) is 3.23. The second kappa shape index (κ2) is 7.78. The van der Waals surface area contributed by atoms with Crippen LogP contribution in [0.4, 0.5) is 0 Å². The van der Waals surface area contributed by atoms with Crippen LogP contribution in [0.1, 0.15) is 17.7 Å². The Morgan fingerprint density at radius 2 is 1.94 bits per heavy atom. The maximum absolute atomic E-state index is 9.92. The van der Waals surface area contributed by atoms with Gasteiger partial charge in [-0.2, -0.15) is 10.1 Å². The molecule has 10 heteroatoms. The van der Waals surface area contributed by atoms with Crippen molar-refractivity contribution in [1.29, 1.82) is 0 Å². The van der Waals surface area contributed by atoms with Gasteiger partial charge >= 0.3 is 0 Å². The van der Waals surface area contributed by atoms with Crippen molar-refractivity contribution < 1.29 is 19.3 Å². The minimum Gasteiger partial charge on any atom is -0.456 e. The van der Waals surface area contributed by atoms with E-state index in [9.17, 15) is 5.11 Å². The number of imidazole rings is 1. The number of H-pyrrole nitrogens is 1. The SMILES string of the molecule is O[C@@H]1CO[C@H]2[C@@H]1OC[C@H]2Oc1nc2nc(-c3ccc(-n4ncc5c4CCC5)cc3)c(Cl)cc2[nH]1. The number of nitrogens with one attached hydrogen (secondary N) is 1. The Labute approximate surface area is 199 Å². The molecule has 174 valence electrons. The second-order valence-corrected chi connectivity index (χ2v) is 9.39. The molecule has 2 N–H and O–H groups in total. The number of fused-ring (bicyclic) bond motifs is 3. The number of nitrogens with zero attached hydrogens (tertiary/aromatic N) is 4. The molecule has 5 heterocycles. The number of aliphatic hydroxyl groups is 1. The zero-order chi connectivity index (χ0) is 22.8. The number of aliphatic hydroxyl groups excluding tert-OH is 1. The molecule has 0 bridgehead atoms. The molecular formula is C24H22ClN5O4. The van der Waals surface area contributed by atoms with Crippen molar-refractivity contribution in [3.05, 3.63) is 52.8 Å². The molecule has 3 aromatic heterocycles. The van der Waals surface area contributed by atoms with Gasteiger partial charge in [0.1, 0.15) is 18.3 Å². The second-order valence-electron chi connectivity index (χ2n) is 8.98. The number of aromatic amines is 1. The van der Waals surface area contributed by atoms with Gasteiger partial charge in [-0.15, -0.1) is 0 Å². The molecule has 4 aromatic rings. The first kappa shape index (κ1) is 20.4. The van der Waals surface area contributed by atoms with E-state index >= 15 is 0 Å². The van der Waals surface area contributed by atoms with Gasteiger partial charge in [0, 0.05) is 11.3 Å². The Bertz CT molecular complexity index is 1380. The fourth-order valence-corrected chi connectivity index (χ4v) is 5.42. The first-order chi connectivity index (χ1) is 16.6. The Balaban J connectivity index is 1.15. The van der Waals surface area contributed by atoms with E-state index in [-0.39, 0.29) is 24.9 Å². The van der Waals surface area contributed by atoms with Crippen LogP contribution in [-0.4, -0.2) is 67.5 Å². The molecule has 7 rings (SSSR count). The number of benzene rings is 1. The molecule has 34 heavy (non-hydrogen) atoms. The summed E-state index contributed by atoms with van der Waals surface area (Å²) in [6.45, 7) is 0.576. The van der Waals surface area contributed by atoms with E-state index in [0.29, 0.717) is 34.5 Å². The highest BCUT2D eigenvalue weighted by molar-refractivity contribution is 6.33. The molecule has 0 unspecified atom stereocenters. The molecule has 3 aliphatic rings. The van der Waals surface area contributed by atoms with Crippen LogP contribution in [0, 0.1) is 0 Å². The Kier molecular flexibility index (Phi) is 4.67. The number of ether oxygens (including phenoxy) is 3. The van der Waals surface area contributed by atoms with E-state index in [1.165, 1.54) is 17.7 Å². The maximum atomic E-state index is 9.92. The highest BCUT2D eigenvalue weighted by Gasteiger charge is 2.48. The van der Waals surface area contributed by atoms with Crippen molar-refractivity contribution in [3.8, 4) is 23.0 Å². The van der Waals surface area contributed by atoms with E-state index in [1.54, 1.807) is 6.07 Å². The van der Waals surface area contributed by atoms with Crippen molar-refractivity contribution in [2.24, 2.45) is 0 Å². The number of aromatic nitrogens is 5. The molecule has 9 nitrogen and oxygen atoms in total. The Hall–Kier alpha value is -2.98. The van der Waals surface area contributed by atoms with Crippen LogP contribution in [0.25, 0.3) is 28.1 Å². The van der Waals surface area contributed by atoms with Gasteiger partial charge in [-0.1, -0.05) is 23.7 Å². The summed E-state index contributed by atoms with van der Waals surface area (Å²) in [5.74, 6) is 0. The summed E-state index contributed by atoms with van der Waals surface area (Å²) in [6.07, 6.45) is 3.66. The predicted molar refractivity (Wildman–Crippen MR) is 123 cm³/mol. The summed E-state index contributed by atoms with van der Waals surface area (Å²) in [5, 5.41) is 15.0. The average molecular weight is 480 g/mol. The number of aryl methyl sites for hydroxylation is 1. The number of pyridine rings is 1. The molecule has 2 aliphatic heterocycles. The highest BCUT2D eigenvalue weighted by atomic mass is 35.5. The lowest BCUT2D eigenvalue weighted by atomic mass is 10.1. The minimum atomic E-state index is -0.627. The van der Waals surface area contributed by atoms with E-state index in [1.807, 2.05) is 35.1 Å². The zero-order valence-corrected chi connectivity index (χ0v) is 18.9. The molecular weight excluding hydrogens is 458 g/mol. The largest absolute Gasteiger partial charge is 0.456 e. The van der Waals surface area contributed by atoms with Crippen LogP contribution in [0.15, 0.2) is 36.5 Å². The lowest BCUT2D eigenvalue weighted by molar-refractivity contribution is 0.00706. The molecule has 1 aliphatic carbocycles. The van der Waals surface area contributed by atoms with Gasteiger partial charge in [0.2, 0.25) is 0 Å². The van der Waals surface area contributed by atoms with Gasteiger partial charge in [-0.25, -0.2) is 9.67 Å². The predicted octanol–water partition coefficient (Wildman–Crippen LogP) is 2.86. The molecule has 0 radical (unpaired) electrons. The van der Waals surface area contributed by atoms with Gasteiger partial charge in [0.25, 0.3) is 6.01 Å².